The van der Waals surface area contributed by atoms with Gasteiger partial charge in [0.15, 0.2) is 0 Å². The number of amides is 1. The standard InChI is InChI=1S/C20H22N4O2/c1-4-14-5-6-17-15(11-14)16(9-12(2)22-17)20(26)21-8-7-18-23-13(3)10-19(25)24-18/h5-6,9-11H,4,7-8H2,1-3H3,(H,21,26)(H,23,24,25). The SMILES string of the molecule is CCc1ccc2nc(C)cc(C(=O)NCCc3nc(C)cc(=O)[nH]3)c2c1. The van der Waals surface area contributed by atoms with Crippen molar-refractivity contribution in [2.45, 2.75) is 33.6 Å². The van der Waals surface area contributed by atoms with Crippen molar-refractivity contribution in [3.8, 4) is 0 Å². The first-order valence-electron chi connectivity index (χ1n) is 8.71. The molecule has 2 heterocycles. The van der Waals surface area contributed by atoms with Crippen molar-refractivity contribution in [3.05, 3.63) is 69.0 Å². The molecule has 0 saturated heterocycles. The van der Waals surface area contributed by atoms with E-state index in [9.17, 15) is 9.59 Å². The first-order valence-corrected chi connectivity index (χ1v) is 8.71. The first-order chi connectivity index (χ1) is 12.5. The van der Waals surface area contributed by atoms with Gasteiger partial charge in [-0.2, -0.15) is 0 Å². The Morgan fingerprint density at radius 2 is 1.88 bits per heavy atom. The molecule has 0 spiro atoms. The summed E-state index contributed by atoms with van der Waals surface area (Å²) in [5.74, 6) is 0.420. The van der Waals surface area contributed by atoms with Crippen LogP contribution in [0.15, 0.2) is 35.1 Å². The van der Waals surface area contributed by atoms with Gasteiger partial charge in [-0.1, -0.05) is 13.0 Å². The Balaban J connectivity index is 1.79. The van der Waals surface area contributed by atoms with Gasteiger partial charge in [-0.05, 0) is 44.0 Å². The van der Waals surface area contributed by atoms with Gasteiger partial charge in [-0.15, -0.1) is 0 Å². The zero-order valence-corrected chi connectivity index (χ0v) is 15.2. The van der Waals surface area contributed by atoms with Crippen molar-refractivity contribution in [3.63, 3.8) is 0 Å². The van der Waals surface area contributed by atoms with Gasteiger partial charge in [0.2, 0.25) is 0 Å². The molecule has 2 aromatic heterocycles. The summed E-state index contributed by atoms with van der Waals surface area (Å²) < 4.78 is 0. The van der Waals surface area contributed by atoms with Crippen LogP contribution < -0.4 is 10.9 Å². The minimum absolute atomic E-state index is 0.149. The number of hydrogen-bond acceptors (Lipinski definition) is 4. The lowest BCUT2D eigenvalue weighted by molar-refractivity contribution is 0.0955. The number of pyridine rings is 1. The maximum Gasteiger partial charge on any atom is 0.252 e. The molecule has 1 aromatic carbocycles. The van der Waals surface area contributed by atoms with Crippen LogP contribution in [0.3, 0.4) is 0 Å². The quantitative estimate of drug-likeness (QED) is 0.740. The Hall–Kier alpha value is -3.02. The minimum atomic E-state index is -0.179. The minimum Gasteiger partial charge on any atom is -0.352 e. The number of nitrogens with one attached hydrogen (secondary N) is 2. The van der Waals surface area contributed by atoms with Crippen LogP contribution in [-0.4, -0.2) is 27.4 Å². The second-order valence-electron chi connectivity index (χ2n) is 6.36. The molecule has 0 radical (unpaired) electrons. The fraction of sp³-hybridized carbons (Fsp3) is 0.300. The van der Waals surface area contributed by atoms with E-state index in [1.54, 1.807) is 6.92 Å². The summed E-state index contributed by atoms with van der Waals surface area (Å²) in [5, 5.41) is 3.77. The third kappa shape index (κ3) is 3.96. The molecule has 134 valence electrons. The second-order valence-corrected chi connectivity index (χ2v) is 6.36. The number of fused-ring (bicyclic) bond motifs is 1. The van der Waals surface area contributed by atoms with Crippen molar-refractivity contribution < 1.29 is 4.79 Å². The molecule has 0 saturated carbocycles. The number of nitrogens with zero attached hydrogens (tertiary/aromatic N) is 2. The predicted octanol–water partition coefficient (Wildman–Crippen LogP) is 2.47. The van der Waals surface area contributed by atoms with E-state index in [1.807, 2.05) is 31.2 Å². The Kier molecular flexibility index (Phi) is 5.11. The van der Waals surface area contributed by atoms with Crippen LogP contribution in [0.4, 0.5) is 0 Å². The highest BCUT2D eigenvalue weighted by molar-refractivity contribution is 6.06. The number of carbonyl (C=O) groups excluding carboxylic acids is 1. The van der Waals surface area contributed by atoms with E-state index >= 15 is 0 Å². The normalized spacial score (nSPS) is 10.9. The summed E-state index contributed by atoms with van der Waals surface area (Å²) in [5.41, 5.74) is 3.89. The number of rotatable bonds is 5. The molecular formula is C20H22N4O2. The van der Waals surface area contributed by atoms with E-state index in [4.69, 9.17) is 0 Å². The smallest absolute Gasteiger partial charge is 0.252 e. The van der Waals surface area contributed by atoms with E-state index in [0.29, 0.717) is 30.0 Å². The Labute approximate surface area is 151 Å². The molecule has 2 N–H and O–H groups in total. The molecule has 0 aliphatic carbocycles. The maximum absolute atomic E-state index is 12.7. The Bertz CT molecular complexity index is 1020. The number of aryl methyl sites for hydroxylation is 3. The van der Waals surface area contributed by atoms with E-state index < -0.39 is 0 Å². The number of hydrogen-bond donors (Lipinski definition) is 2. The topological polar surface area (TPSA) is 87.7 Å². The summed E-state index contributed by atoms with van der Waals surface area (Å²) >= 11 is 0. The molecule has 0 fully saturated rings. The van der Waals surface area contributed by atoms with Crippen molar-refractivity contribution in [2.75, 3.05) is 6.54 Å². The van der Waals surface area contributed by atoms with Gasteiger partial charge in [0, 0.05) is 35.8 Å². The summed E-state index contributed by atoms with van der Waals surface area (Å²) in [7, 11) is 0. The molecule has 3 rings (SSSR count). The van der Waals surface area contributed by atoms with E-state index in [1.165, 1.54) is 11.6 Å². The van der Waals surface area contributed by atoms with Gasteiger partial charge in [0.25, 0.3) is 11.5 Å². The monoisotopic (exact) mass is 350 g/mol. The molecule has 6 heteroatoms. The fourth-order valence-electron chi connectivity index (χ4n) is 2.96. The number of carbonyl (C=O) groups is 1. The van der Waals surface area contributed by atoms with Gasteiger partial charge in [-0.25, -0.2) is 4.98 Å². The summed E-state index contributed by atoms with van der Waals surface area (Å²) in [6.07, 6.45) is 1.36. The Morgan fingerprint density at radius 3 is 2.62 bits per heavy atom. The molecule has 6 nitrogen and oxygen atoms in total. The van der Waals surface area contributed by atoms with Gasteiger partial charge < -0.3 is 10.3 Å². The van der Waals surface area contributed by atoms with Gasteiger partial charge in [0.05, 0.1) is 11.1 Å². The number of aromatic amines is 1. The van der Waals surface area contributed by atoms with Crippen molar-refractivity contribution in [1.29, 1.82) is 0 Å². The van der Waals surface area contributed by atoms with E-state index in [-0.39, 0.29) is 11.5 Å². The van der Waals surface area contributed by atoms with Crippen LogP contribution >= 0.6 is 0 Å². The number of aromatic nitrogens is 3. The molecular weight excluding hydrogens is 328 g/mol. The number of benzene rings is 1. The fourth-order valence-corrected chi connectivity index (χ4v) is 2.96. The third-order valence-electron chi connectivity index (χ3n) is 4.22. The molecule has 0 unspecified atom stereocenters. The summed E-state index contributed by atoms with van der Waals surface area (Å²) in [4.78, 5) is 35.7. The maximum atomic E-state index is 12.7. The zero-order valence-electron chi connectivity index (χ0n) is 15.2. The van der Waals surface area contributed by atoms with E-state index in [2.05, 4.69) is 27.2 Å². The number of H-pyrrole nitrogens is 1. The molecule has 0 bridgehead atoms. The Morgan fingerprint density at radius 1 is 1.12 bits per heavy atom. The zero-order chi connectivity index (χ0) is 18.7. The molecule has 26 heavy (non-hydrogen) atoms. The highest BCUT2D eigenvalue weighted by Crippen LogP contribution is 2.20. The molecule has 1 amide bonds. The summed E-state index contributed by atoms with van der Waals surface area (Å²) in [6, 6.07) is 9.27. The first kappa shape index (κ1) is 17.8. The predicted molar refractivity (Wildman–Crippen MR) is 101 cm³/mol. The van der Waals surface area contributed by atoms with Crippen LogP contribution in [0.5, 0.6) is 0 Å². The summed E-state index contributed by atoms with van der Waals surface area (Å²) in [6.45, 7) is 6.12. The van der Waals surface area contributed by atoms with Crippen LogP contribution in [0.2, 0.25) is 0 Å². The lowest BCUT2D eigenvalue weighted by Crippen LogP contribution is -2.27. The van der Waals surface area contributed by atoms with Crippen LogP contribution in [0.25, 0.3) is 10.9 Å². The van der Waals surface area contributed by atoms with E-state index in [0.717, 1.165) is 23.0 Å². The highest BCUT2D eigenvalue weighted by atomic mass is 16.1. The lowest BCUT2D eigenvalue weighted by Gasteiger charge is -2.10. The molecule has 0 atom stereocenters. The van der Waals surface area contributed by atoms with Crippen LogP contribution in [0.1, 0.15) is 40.1 Å². The second kappa shape index (κ2) is 7.47. The average Bonchev–Trinajstić information content (AvgIpc) is 2.59. The van der Waals surface area contributed by atoms with Crippen LogP contribution in [-0.2, 0) is 12.8 Å². The average molecular weight is 350 g/mol. The highest BCUT2D eigenvalue weighted by Gasteiger charge is 2.12. The molecule has 0 aliphatic heterocycles. The van der Waals surface area contributed by atoms with Gasteiger partial charge in [0.1, 0.15) is 5.82 Å². The van der Waals surface area contributed by atoms with Crippen molar-refractivity contribution >= 4 is 16.8 Å². The third-order valence-corrected chi connectivity index (χ3v) is 4.22. The van der Waals surface area contributed by atoms with Crippen molar-refractivity contribution in [2.24, 2.45) is 0 Å². The van der Waals surface area contributed by atoms with Gasteiger partial charge in [-0.3, -0.25) is 14.6 Å². The molecule has 3 aromatic rings. The van der Waals surface area contributed by atoms with Crippen molar-refractivity contribution in [1.82, 2.24) is 20.3 Å². The van der Waals surface area contributed by atoms with Gasteiger partial charge >= 0.3 is 0 Å². The lowest BCUT2D eigenvalue weighted by atomic mass is 10.0. The largest absolute Gasteiger partial charge is 0.352 e. The molecule has 0 aliphatic rings. The van der Waals surface area contributed by atoms with Crippen LogP contribution in [0, 0.1) is 13.8 Å².